The van der Waals surface area contributed by atoms with Crippen LogP contribution < -0.4 is 10.5 Å². The van der Waals surface area contributed by atoms with Crippen molar-refractivity contribution < 1.29 is 14.3 Å². The maximum absolute atomic E-state index is 10.6. The van der Waals surface area contributed by atoms with E-state index in [1.165, 1.54) is 7.11 Å². The Morgan fingerprint density at radius 2 is 2.27 bits per heavy atom. The Hall–Kier alpha value is -2.28. The third-order valence-electron chi connectivity index (χ3n) is 1.71. The minimum Gasteiger partial charge on any atom is -0.497 e. The summed E-state index contributed by atoms with van der Waals surface area (Å²) in [4.78, 5) is 21.1. The molecule has 0 spiro atoms. The van der Waals surface area contributed by atoms with Gasteiger partial charge in [-0.1, -0.05) is 5.92 Å². The normalized spacial score (nSPS) is 8.60. The number of methoxy groups -OCH3 is 1. The SMILES string of the molecule is COc1ccc(C=O)c(C#CC(N)=O)c1. The number of benzene rings is 1. The van der Waals surface area contributed by atoms with Gasteiger partial charge in [-0.25, -0.2) is 0 Å². The Morgan fingerprint density at radius 1 is 1.53 bits per heavy atom. The Labute approximate surface area is 87.0 Å². The highest BCUT2D eigenvalue weighted by atomic mass is 16.5. The quantitative estimate of drug-likeness (QED) is 0.556. The fraction of sp³-hybridized carbons (Fsp3) is 0.0909. The van der Waals surface area contributed by atoms with Crippen molar-refractivity contribution in [2.75, 3.05) is 7.11 Å². The number of aldehydes is 1. The molecule has 0 saturated carbocycles. The third kappa shape index (κ3) is 2.85. The molecule has 15 heavy (non-hydrogen) atoms. The average Bonchev–Trinajstić information content (AvgIpc) is 2.25. The molecule has 1 aromatic carbocycles. The standard InChI is InChI=1S/C11H9NO3/c1-15-10-4-2-9(7-13)8(6-10)3-5-11(12)14/h2,4,6-7H,1H3,(H2,12,14). The Bertz CT molecular complexity index is 455. The summed E-state index contributed by atoms with van der Waals surface area (Å²) in [6.45, 7) is 0. The van der Waals surface area contributed by atoms with Crippen LogP contribution in [0.3, 0.4) is 0 Å². The Balaban J connectivity index is 3.19. The maximum atomic E-state index is 10.6. The predicted octanol–water partition coefficient (Wildman–Crippen LogP) is 0.345. The van der Waals surface area contributed by atoms with E-state index >= 15 is 0 Å². The van der Waals surface area contributed by atoms with E-state index in [1.807, 2.05) is 0 Å². The molecular weight excluding hydrogens is 194 g/mol. The minimum absolute atomic E-state index is 0.393. The number of carbonyl (C=O) groups excluding carboxylic acids is 2. The molecular formula is C11H9NO3. The first-order valence-electron chi connectivity index (χ1n) is 4.12. The van der Waals surface area contributed by atoms with Crippen molar-refractivity contribution in [2.45, 2.75) is 0 Å². The zero-order valence-electron chi connectivity index (χ0n) is 8.11. The lowest BCUT2D eigenvalue weighted by Gasteiger charge is -2.01. The zero-order chi connectivity index (χ0) is 11.3. The van der Waals surface area contributed by atoms with E-state index in [-0.39, 0.29) is 0 Å². The molecule has 0 saturated heterocycles. The van der Waals surface area contributed by atoms with Gasteiger partial charge in [0.25, 0.3) is 5.91 Å². The summed E-state index contributed by atoms with van der Waals surface area (Å²) < 4.78 is 4.96. The second-order valence-corrected chi connectivity index (χ2v) is 2.69. The van der Waals surface area contributed by atoms with Crippen molar-refractivity contribution in [3.8, 4) is 17.6 Å². The van der Waals surface area contributed by atoms with Gasteiger partial charge < -0.3 is 10.5 Å². The average molecular weight is 203 g/mol. The summed E-state index contributed by atoms with van der Waals surface area (Å²) >= 11 is 0. The monoisotopic (exact) mass is 203 g/mol. The fourth-order valence-corrected chi connectivity index (χ4v) is 1.00. The van der Waals surface area contributed by atoms with Crippen LogP contribution in [0.25, 0.3) is 0 Å². The van der Waals surface area contributed by atoms with Crippen LogP contribution in [0.4, 0.5) is 0 Å². The highest BCUT2D eigenvalue weighted by Gasteiger charge is 2.00. The molecule has 0 aliphatic heterocycles. The van der Waals surface area contributed by atoms with Gasteiger partial charge in [-0.05, 0) is 18.2 Å². The van der Waals surface area contributed by atoms with E-state index in [0.29, 0.717) is 23.2 Å². The molecule has 1 aromatic rings. The van der Waals surface area contributed by atoms with E-state index in [4.69, 9.17) is 10.5 Å². The lowest BCUT2D eigenvalue weighted by molar-refractivity contribution is -0.112. The van der Waals surface area contributed by atoms with Gasteiger partial charge in [-0.15, -0.1) is 0 Å². The summed E-state index contributed by atoms with van der Waals surface area (Å²) in [7, 11) is 1.50. The largest absolute Gasteiger partial charge is 0.497 e. The molecule has 0 radical (unpaired) electrons. The highest BCUT2D eigenvalue weighted by molar-refractivity contribution is 5.93. The van der Waals surface area contributed by atoms with Crippen LogP contribution in [0.5, 0.6) is 5.75 Å². The molecule has 0 aliphatic rings. The van der Waals surface area contributed by atoms with Crippen LogP contribution in [0.2, 0.25) is 0 Å². The number of primary amides is 1. The van der Waals surface area contributed by atoms with Gasteiger partial charge in [0.1, 0.15) is 5.75 Å². The summed E-state index contributed by atoms with van der Waals surface area (Å²) in [5.41, 5.74) is 5.68. The van der Waals surface area contributed by atoms with Crippen LogP contribution in [0.15, 0.2) is 18.2 Å². The summed E-state index contributed by atoms with van der Waals surface area (Å²) in [5, 5.41) is 0. The smallest absolute Gasteiger partial charge is 0.293 e. The van der Waals surface area contributed by atoms with E-state index < -0.39 is 5.91 Å². The number of nitrogens with two attached hydrogens (primary N) is 1. The van der Waals surface area contributed by atoms with Crippen LogP contribution in [-0.4, -0.2) is 19.3 Å². The molecule has 4 heteroatoms. The van der Waals surface area contributed by atoms with Crippen LogP contribution in [0.1, 0.15) is 15.9 Å². The Kier molecular flexibility index (Phi) is 3.47. The Morgan fingerprint density at radius 3 is 2.80 bits per heavy atom. The van der Waals surface area contributed by atoms with Gasteiger partial charge in [0.15, 0.2) is 6.29 Å². The molecule has 4 nitrogen and oxygen atoms in total. The minimum atomic E-state index is -0.741. The second kappa shape index (κ2) is 4.82. The molecule has 2 N–H and O–H groups in total. The predicted molar refractivity (Wildman–Crippen MR) is 54.5 cm³/mol. The molecule has 0 aliphatic carbocycles. The number of rotatable bonds is 2. The van der Waals surface area contributed by atoms with Gasteiger partial charge in [0.2, 0.25) is 0 Å². The summed E-state index contributed by atoms with van der Waals surface area (Å²) in [6.07, 6.45) is 0.657. The second-order valence-electron chi connectivity index (χ2n) is 2.69. The number of ether oxygens (including phenoxy) is 1. The maximum Gasteiger partial charge on any atom is 0.293 e. The topological polar surface area (TPSA) is 69.4 Å². The van der Waals surface area contributed by atoms with Crippen LogP contribution in [-0.2, 0) is 4.79 Å². The van der Waals surface area contributed by atoms with Gasteiger partial charge in [0, 0.05) is 17.0 Å². The number of carbonyl (C=O) groups is 2. The number of hydrogen-bond acceptors (Lipinski definition) is 3. The van der Waals surface area contributed by atoms with Crippen LogP contribution in [0, 0.1) is 11.8 Å². The van der Waals surface area contributed by atoms with Crippen molar-refractivity contribution in [3.63, 3.8) is 0 Å². The third-order valence-corrected chi connectivity index (χ3v) is 1.71. The first kappa shape index (κ1) is 10.8. The fourth-order valence-electron chi connectivity index (χ4n) is 1.00. The van der Waals surface area contributed by atoms with Crippen molar-refractivity contribution in [1.82, 2.24) is 0 Å². The molecule has 76 valence electrons. The molecule has 0 unspecified atom stereocenters. The lowest BCUT2D eigenvalue weighted by atomic mass is 10.1. The first-order chi connectivity index (χ1) is 7.17. The molecule has 0 fully saturated rings. The molecule has 0 bridgehead atoms. The molecule has 0 heterocycles. The lowest BCUT2D eigenvalue weighted by Crippen LogP contribution is -2.06. The van der Waals surface area contributed by atoms with Crippen LogP contribution >= 0.6 is 0 Å². The van der Waals surface area contributed by atoms with Crippen molar-refractivity contribution in [1.29, 1.82) is 0 Å². The van der Waals surface area contributed by atoms with Gasteiger partial charge in [-0.2, -0.15) is 0 Å². The van der Waals surface area contributed by atoms with Crippen molar-refractivity contribution >= 4 is 12.2 Å². The van der Waals surface area contributed by atoms with E-state index in [9.17, 15) is 9.59 Å². The number of hydrogen-bond donors (Lipinski definition) is 1. The summed E-state index contributed by atoms with van der Waals surface area (Å²) in [6, 6.07) is 4.77. The highest BCUT2D eigenvalue weighted by Crippen LogP contribution is 2.15. The zero-order valence-corrected chi connectivity index (χ0v) is 8.11. The van der Waals surface area contributed by atoms with Crippen molar-refractivity contribution in [2.24, 2.45) is 5.73 Å². The summed E-state index contributed by atoms with van der Waals surface area (Å²) in [5.74, 6) is 4.49. The molecule has 0 aromatic heterocycles. The molecule has 1 rings (SSSR count). The van der Waals surface area contributed by atoms with E-state index in [0.717, 1.165) is 0 Å². The molecule has 1 amide bonds. The molecule has 0 atom stereocenters. The van der Waals surface area contributed by atoms with Gasteiger partial charge >= 0.3 is 0 Å². The van der Waals surface area contributed by atoms with Gasteiger partial charge in [0.05, 0.1) is 7.11 Å². The van der Waals surface area contributed by atoms with Gasteiger partial charge in [-0.3, -0.25) is 9.59 Å². The van der Waals surface area contributed by atoms with E-state index in [2.05, 4.69) is 11.8 Å². The van der Waals surface area contributed by atoms with E-state index in [1.54, 1.807) is 18.2 Å². The van der Waals surface area contributed by atoms with Crippen molar-refractivity contribution in [3.05, 3.63) is 29.3 Å². The number of amides is 1. The first-order valence-corrected chi connectivity index (χ1v) is 4.12.